The Hall–Kier alpha value is -1.59. The number of ether oxygens (including phenoxy) is 1. The van der Waals surface area contributed by atoms with Crippen LogP contribution in [0.15, 0.2) is 24.3 Å². The van der Waals surface area contributed by atoms with Crippen LogP contribution in [0, 0.1) is 5.92 Å². The maximum absolute atomic E-state index is 12.2. The van der Waals surface area contributed by atoms with E-state index in [9.17, 15) is 4.79 Å². The highest BCUT2D eigenvalue weighted by Crippen LogP contribution is 2.30. The monoisotopic (exact) mass is 317 g/mol. The molecule has 2 aliphatic rings. The van der Waals surface area contributed by atoms with Crippen molar-refractivity contribution < 1.29 is 9.53 Å². The van der Waals surface area contributed by atoms with Gasteiger partial charge >= 0.3 is 0 Å². The maximum Gasteiger partial charge on any atom is 0.225 e. The minimum absolute atomic E-state index is 0.134. The van der Waals surface area contributed by atoms with E-state index in [1.165, 1.54) is 24.8 Å². The second-order valence-electron chi connectivity index (χ2n) is 6.45. The van der Waals surface area contributed by atoms with Crippen molar-refractivity contribution >= 4 is 5.91 Å². The molecule has 5 heteroatoms. The minimum atomic E-state index is 0.134. The smallest absolute Gasteiger partial charge is 0.225 e. The number of nitrogens with one attached hydrogen (secondary N) is 2. The van der Waals surface area contributed by atoms with E-state index in [4.69, 9.17) is 4.74 Å². The lowest BCUT2D eigenvalue weighted by Crippen LogP contribution is -2.52. The van der Waals surface area contributed by atoms with Crippen LogP contribution in [0.5, 0.6) is 5.75 Å². The highest BCUT2D eigenvalue weighted by molar-refractivity contribution is 5.80. The Kier molecular flexibility index (Phi) is 5.51. The van der Waals surface area contributed by atoms with Crippen molar-refractivity contribution in [1.29, 1.82) is 0 Å². The number of piperidine rings is 1. The van der Waals surface area contributed by atoms with Gasteiger partial charge in [-0.25, -0.2) is 0 Å². The van der Waals surface area contributed by atoms with Gasteiger partial charge in [0.25, 0.3) is 0 Å². The molecule has 5 nitrogen and oxygen atoms in total. The molecule has 0 spiro atoms. The summed E-state index contributed by atoms with van der Waals surface area (Å²) in [6, 6.07) is 8.35. The van der Waals surface area contributed by atoms with Crippen LogP contribution in [0.4, 0.5) is 0 Å². The summed E-state index contributed by atoms with van der Waals surface area (Å²) in [5.41, 5.74) is 1.17. The fourth-order valence-corrected chi connectivity index (χ4v) is 3.42. The average molecular weight is 317 g/mol. The summed E-state index contributed by atoms with van der Waals surface area (Å²) in [5, 5.41) is 6.31. The van der Waals surface area contributed by atoms with Gasteiger partial charge in [0.05, 0.1) is 19.1 Å². The van der Waals surface area contributed by atoms with Crippen LogP contribution in [-0.4, -0.2) is 50.6 Å². The molecule has 23 heavy (non-hydrogen) atoms. The lowest BCUT2D eigenvalue weighted by molar-refractivity contribution is -0.126. The Bertz CT molecular complexity index is 525. The van der Waals surface area contributed by atoms with Crippen LogP contribution in [0.2, 0.25) is 0 Å². The Labute approximate surface area is 138 Å². The third kappa shape index (κ3) is 3.85. The van der Waals surface area contributed by atoms with Crippen LogP contribution in [-0.2, 0) is 4.79 Å². The average Bonchev–Trinajstić information content (AvgIpc) is 2.55. The Morgan fingerprint density at radius 3 is 2.70 bits per heavy atom. The summed E-state index contributed by atoms with van der Waals surface area (Å²) in [6.07, 6.45) is 3.76. The number of hydrogen-bond acceptors (Lipinski definition) is 4. The molecule has 0 bridgehead atoms. The molecule has 2 saturated heterocycles. The summed E-state index contributed by atoms with van der Waals surface area (Å²) in [5.74, 6) is 1.21. The summed E-state index contributed by atoms with van der Waals surface area (Å²) < 4.78 is 5.55. The van der Waals surface area contributed by atoms with Gasteiger partial charge in [0, 0.05) is 25.2 Å². The molecule has 1 atom stereocenters. The largest absolute Gasteiger partial charge is 0.496 e. The molecular formula is C18H27N3O2. The number of rotatable bonds is 6. The van der Waals surface area contributed by atoms with Gasteiger partial charge in [0.15, 0.2) is 0 Å². The summed E-state index contributed by atoms with van der Waals surface area (Å²) in [7, 11) is 1.71. The van der Waals surface area contributed by atoms with Gasteiger partial charge in [-0.3, -0.25) is 9.69 Å². The predicted octanol–water partition coefficient (Wildman–Crippen LogP) is 1.56. The van der Waals surface area contributed by atoms with Gasteiger partial charge in [-0.05, 0) is 32.0 Å². The van der Waals surface area contributed by atoms with Gasteiger partial charge in [-0.15, -0.1) is 0 Å². The number of nitrogens with zero attached hydrogens (tertiary/aromatic N) is 1. The molecule has 2 aliphatic heterocycles. The number of amides is 1. The van der Waals surface area contributed by atoms with Crippen molar-refractivity contribution in [3.63, 3.8) is 0 Å². The highest BCUT2D eigenvalue weighted by Gasteiger charge is 2.28. The lowest BCUT2D eigenvalue weighted by Gasteiger charge is -2.36. The Balaban J connectivity index is 1.73. The van der Waals surface area contributed by atoms with E-state index in [0.29, 0.717) is 6.54 Å². The third-order valence-electron chi connectivity index (χ3n) is 4.95. The molecule has 3 rings (SSSR count). The maximum atomic E-state index is 12.2. The van der Waals surface area contributed by atoms with Gasteiger partial charge < -0.3 is 15.4 Å². The molecule has 1 aromatic carbocycles. The molecule has 126 valence electrons. The number of para-hydroxylation sites is 1. The van der Waals surface area contributed by atoms with Crippen LogP contribution < -0.4 is 15.4 Å². The molecule has 2 fully saturated rings. The van der Waals surface area contributed by atoms with Crippen molar-refractivity contribution in [3.05, 3.63) is 29.8 Å². The second kappa shape index (κ2) is 7.79. The SMILES string of the molecule is COc1ccccc1C(CNC(=O)C1CNC1)N1CCCCC1. The Morgan fingerprint density at radius 1 is 1.30 bits per heavy atom. The lowest BCUT2D eigenvalue weighted by atomic mass is 9.99. The number of carbonyl (C=O) groups is 1. The molecule has 2 N–H and O–H groups in total. The number of carbonyl (C=O) groups excluding carboxylic acids is 1. The molecule has 0 saturated carbocycles. The zero-order valence-electron chi connectivity index (χ0n) is 13.9. The summed E-state index contributed by atoms with van der Waals surface area (Å²) >= 11 is 0. The van der Waals surface area contributed by atoms with Gasteiger partial charge in [-0.2, -0.15) is 0 Å². The van der Waals surface area contributed by atoms with Gasteiger partial charge in [0.2, 0.25) is 5.91 Å². The molecule has 0 aliphatic carbocycles. The predicted molar refractivity (Wildman–Crippen MR) is 90.5 cm³/mol. The molecule has 0 aromatic heterocycles. The summed E-state index contributed by atoms with van der Waals surface area (Å²) in [4.78, 5) is 14.7. The first-order valence-corrected chi connectivity index (χ1v) is 8.65. The van der Waals surface area contributed by atoms with E-state index in [1.807, 2.05) is 18.2 Å². The van der Waals surface area contributed by atoms with Crippen molar-refractivity contribution in [2.75, 3.05) is 39.8 Å². The van der Waals surface area contributed by atoms with E-state index in [0.717, 1.165) is 31.9 Å². The van der Waals surface area contributed by atoms with Gasteiger partial charge in [-0.1, -0.05) is 24.6 Å². The Morgan fingerprint density at radius 2 is 2.04 bits per heavy atom. The first kappa shape index (κ1) is 16.3. The molecule has 0 radical (unpaired) electrons. The number of benzene rings is 1. The zero-order chi connectivity index (χ0) is 16.1. The second-order valence-corrected chi connectivity index (χ2v) is 6.45. The fraction of sp³-hybridized carbons (Fsp3) is 0.611. The van der Waals surface area contributed by atoms with E-state index in [2.05, 4.69) is 21.6 Å². The zero-order valence-corrected chi connectivity index (χ0v) is 13.9. The van der Waals surface area contributed by atoms with Crippen molar-refractivity contribution in [3.8, 4) is 5.75 Å². The molecule has 1 aromatic rings. The van der Waals surface area contributed by atoms with E-state index >= 15 is 0 Å². The van der Waals surface area contributed by atoms with Crippen molar-refractivity contribution in [1.82, 2.24) is 15.5 Å². The number of hydrogen-bond donors (Lipinski definition) is 2. The molecular weight excluding hydrogens is 290 g/mol. The van der Waals surface area contributed by atoms with Crippen LogP contribution >= 0.6 is 0 Å². The molecule has 1 amide bonds. The highest BCUT2D eigenvalue weighted by atomic mass is 16.5. The quantitative estimate of drug-likeness (QED) is 0.836. The van der Waals surface area contributed by atoms with E-state index in [-0.39, 0.29) is 17.9 Å². The standard InChI is InChI=1S/C18H27N3O2/c1-23-17-8-4-3-7-15(17)16(21-9-5-2-6-10-21)13-20-18(22)14-11-19-12-14/h3-4,7-8,14,16,19H,2,5-6,9-13H2,1H3,(H,20,22). The minimum Gasteiger partial charge on any atom is -0.496 e. The van der Waals surface area contributed by atoms with Crippen molar-refractivity contribution in [2.24, 2.45) is 5.92 Å². The van der Waals surface area contributed by atoms with Crippen molar-refractivity contribution in [2.45, 2.75) is 25.3 Å². The van der Waals surface area contributed by atoms with E-state index < -0.39 is 0 Å². The van der Waals surface area contributed by atoms with Gasteiger partial charge in [0.1, 0.15) is 5.75 Å². The summed E-state index contributed by atoms with van der Waals surface area (Å²) in [6.45, 7) is 4.42. The molecule has 2 heterocycles. The first-order chi connectivity index (χ1) is 11.3. The fourth-order valence-electron chi connectivity index (χ4n) is 3.42. The topological polar surface area (TPSA) is 53.6 Å². The van der Waals surface area contributed by atoms with Crippen LogP contribution in [0.3, 0.4) is 0 Å². The van der Waals surface area contributed by atoms with Crippen LogP contribution in [0.25, 0.3) is 0 Å². The van der Waals surface area contributed by atoms with E-state index in [1.54, 1.807) is 7.11 Å². The third-order valence-corrected chi connectivity index (χ3v) is 4.95. The first-order valence-electron chi connectivity index (χ1n) is 8.65. The normalized spacial score (nSPS) is 20.6. The van der Waals surface area contributed by atoms with Crippen LogP contribution in [0.1, 0.15) is 30.9 Å². The number of methoxy groups -OCH3 is 1. The molecule has 1 unspecified atom stereocenters. The number of likely N-dealkylation sites (tertiary alicyclic amines) is 1.